The fraction of sp³-hybridized carbons (Fsp3) is 0.750. The number of aromatic nitrogens is 2. The molecule has 0 aromatic carbocycles. The third-order valence-corrected chi connectivity index (χ3v) is 4.76. The first-order valence-corrected chi connectivity index (χ1v) is 8.33. The molecular weight excluding hydrogens is 278 g/mol. The molecule has 0 aliphatic rings. The maximum Gasteiger partial charge on any atom is 0.244 e. The molecule has 7 nitrogen and oxygen atoms in total. The van der Waals surface area contributed by atoms with Gasteiger partial charge in [0.25, 0.3) is 0 Å². The maximum atomic E-state index is 12.4. The van der Waals surface area contributed by atoms with Gasteiger partial charge in [0.15, 0.2) is 0 Å². The molecule has 1 aromatic heterocycles. The van der Waals surface area contributed by atoms with E-state index in [1.165, 1.54) is 0 Å². The number of hydrogen-bond donors (Lipinski definition) is 3. The number of aromatic amines is 1. The van der Waals surface area contributed by atoms with Crippen LogP contribution in [0.5, 0.6) is 0 Å². The number of likely N-dealkylation sites (N-methyl/N-ethyl adjacent to an activating group) is 1. The normalized spacial score (nSPS) is 12.2. The molecule has 0 atom stereocenters. The summed E-state index contributed by atoms with van der Waals surface area (Å²) in [6.45, 7) is 8.86. The van der Waals surface area contributed by atoms with E-state index in [4.69, 9.17) is 0 Å². The van der Waals surface area contributed by atoms with E-state index < -0.39 is 10.0 Å². The zero-order valence-electron chi connectivity index (χ0n) is 12.7. The van der Waals surface area contributed by atoms with Crippen molar-refractivity contribution in [3.8, 4) is 0 Å². The van der Waals surface area contributed by atoms with E-state index >= 15 is 0 Å². The van der Waals surface area contributed by atoms with Crippen LogP contribution in [0.4, 0.5) is 0 Å². The molecule has 1 rings (SSSR count). The third-order valence-electron chi connectivity index (χ3n) is 3.10. The van der Waals surface area contributed by atoms with Crippen LogP contribution in [0.2, 0.25) is 0 Å². The molecule has 0 aliphatic heterocycles. The van der Waals surface area contributed by atoms with Gasteiger partial charge in [0.2, 0.25) is 10.0 Å². The second kappa shape index (κ2) is 7.72. The van der Waals surface area contributed by atoms with Gasteiger partial charge in [0.05, 0.1) is 11.4 Å². The average molecular weight is 303 g/mol. The first kappa shape index (κ1) is 17.1. The van der Waals surface area contributed by atoms with E-state index in [2.05, 4.69) is 20.2 Å². The minimum Gasteiger partial charge on any atom is -0.311 e. The quantitative estimate of drug-likeness (QED) is 0.600. The lowest BCUT2D eigenvalue weighted by atomic mass is 10.3. The predicted molar refractivity (Wildman–Crippen MR) is 79.1 cm³/mol. The second-order valence-electron chi connectivity index (χ2n) is 4.70. The molecule has 1 aromatic rings. The van der Waals surface area contributed by atoms with Crippen molar-refractivity contribution in [1.82, 2.24) is 25.1 Å². The van der Waals surface area contributed by atoms with Gasteiger partial charge < -0.3 is 10.2 Å². The lowest BCUT2D eigenvalue weighted by Gasteiger charge is -2.14. The molecule has 0 radical (unpaired) electrons. The Balaban J connectivity index is 2.78. The van der Waals surface area contributed by atoms with Gasteiger partial charge in [0.1, 0.15) is 4.90 Å². The van der Waals surface area contributed by atoms with Crippen molar-refractivity contribution in [2.75, 3.05) is 33.2 Å². The maximum absolute atomic E-state index is 12.4. The van der Waals surface area contributed by atoms with Crippen LogP contribution in [0.1, 0.15) is 25.2 Å². The lowest BCUT2D eigenvalue weighted by molar-refractivity contribution is 0.358. The standard InChI is InChI=1S/C12H25N5O2S/c1-5-13-9-11-12(10(3)15-16-11)20(18,19)14-7-8-17(4)6-2/h13-14H,5-9H2,1-4H3,(H,15,16). The monoisotopic (exact) mass is 303 g/mol. The average Bonchev–Trinajstić information content (AvgIpc) is 2.77. The zero-order chi connectivity index (χ0) is 15.2. The number of hydrogen-bond acceptors (Lipinski definition) is 5. The smallest absolute Gasteiger partial charge is 0.244 e. The van der Waals surface area contributed by atoms with E-state index in [-0.39, 0.29) is 4.90 Å². The molecular formula is C12H25N5O2S. The van der Waals surface area contributed by atoms with Crippen molar-refractivity contribution in [3.05, 3.63) is 11.4 Å². The summed E-state index contributed by atoms with van der Waals surface area (Å²) in [5, 5.41) is 9.90. The van der Waals surface area contributed by atoms with Crippen LogP contribution in [0.25, 0.3) is 0 Å². The number of nitrogens with zero attached hydrogens (tertiary/aromatic N) is 2. The SMILES string of the molecule is CCNCc1n[nH]c(C)c1S(=O)(=O)NCCN(C)CC. The van der Waals surface area contributed by atoms with Gasteiger partial charge in [0, 0.05) is 19.6 Å². The Morgan fingerprint density at radius 2 is 2.05 bits per heavy atom. The van der Waals surface area contributed by atoms with E-state index in [1.54, 1.807) is 6.92 Å². The number of H-pyrrole nitrogens is 1. The molecule has 0 saturated carbocycles. The Morgan fingerprint density at radius 1 is 1.35 bits per heavy atom. The summed E-state index contributed by atoms with van der Waals surface area (Å²) in [4.78, 5) is 2.31. The van der Waals surface area contributed by atoms with Crippen LogP contribution < -0.4 is 10.0 Å². The fourth-order valence-corrected chi connectivity index (χ4v) is 3.17. The van der Waals surface area contributed by atoms with Crippen molar-refractivity contribution < 1.29 is 8.42 Å². The van der Waals surface area contributed by atoms with Gasteiger partial charge in [-0.15, -0.1) is 0 Å². The Morgan fingerprint density at radius 3 is 2.65 bits per heavy atom. The summed E-state index contributed by atoms with van der Waals surface area (Å²) in [6, 6.07) is 0. The van der Waals surface area contributed by atoms with E-state index in [0.29, 0.717) is 31.0 Å². The summed E-state index contributed by atoms with van der Waals surface area (Å²) in [5.74, 6) is 0. The zero-order valence-corrected chi connectivity index (χ0v) is 13.5. The van der Waals surface area contributed by atoms with Gasteiger partial charge in [-0.3, -0.25) is 5.10 Å². The number of nitrogens with one attached hydrogen (secondary N) is 3. The molecule has 0 fully saturated rings. The van der Waals surface area contributed by atoms with Crippen LogP contribution in [-0.2, 0) is 16.6 Å². The van der Waals surface area contributed by atoms with Crippen LogP contribution in [0.15, 0.2) is 4.90 Å². The lowest BCUT2D eigenvalue weighted by Crippen LogP contribution is -2.33. The number of aryl methyl sites for hydroxylation is 1. The van der Waals surface area contributed by atoms with Crippen LogP contribution >= 0.6 is 0 Å². The molecule has 0 bridgehead atoms. The van der Waals surface area contributed by atoms with Crippen LogP contribution in [-0.4, -0.2) is 56.7 Å². The minimum absolute atomic E-state index is 0.262. The summed E-state index contributed by atoms with van der Waals surface area (Å²) >= 11 is 0. The van der Waals surface area contributed by atoms with Crippen molar-refractivity contribution in [3.63, 3.8) is 0 Å². The van der Waals surface area contributed by atoms with Crippen molar-refractivity contribution in [2.45, 2.75) is 32.2 Å². The van der Waals surface area contributed by atoms with Gasteiger partial charge in [-0.1, -0.05) is 13.8 Å². The topological polar surface area (TPSA) is 90.1 Å². The van der Waals surface area contributed by atoms with Gasteiger partial charge in [-0.25, -0.2) is 13.1 Å². The summed E-state index contributed by atoms with van der Waals surface area (Å²) in [5.41, 5.74) is 1.09. The van der Waals surface area contributed by atoms with Crippen molar-refractivity contribution in [1.29, 1.82) is 0 Å². The Labute approximate surface area is 121 Å². The highest BCUT2D eigenvalue weighted by Crippen LogP contribution is 2.17. The van der Waals surface area contributed by atoms with Crippen LogP contribution in [0, 0.1) is 6.92 Å². The molecule has 0 saturated heterocycles. The van der Waals surface area contributed by atoms with Gasteiger partial charge in [-0.2, -0.15) is 5.10 Å². The molecule has 116 valence electrons. The van der Waals surface area contributed by atoms with Crippen molar-refractivity contribution >= 4 is 10.0 Å². The van der Waals surface area contributed by atoms with E-state index in [0.717, 1.165) is 13.1 Å². The summed E-state index contributed by atoms with van der Waals surface area (Å²) in [6.07, 6.45) is 0. The Kier molecular flexibility index (Phi) is 6.60. The highest BCUT2D eigenvalue weighted by molar-refractivity contribution is 7.89. The molecule has 0 unspecified atom stereocenters. The first-order valence-electron chi connectivity index (χ1n) is 6.85. The molecule has 1 heterocycles. The largest absolute Gasteiger partial charge is 0.311 e. The van der Waals surface area contributed by atoms with E-state index in [1.807, 2.05) is 25.8 Å². The number of sulfonamides is 1. The number of rotatable bonds is 9. The molecule has 3 N–H and O–H groups in total. The van der Waals surface area contributed by atoms with Gasteiger partial charge >= 0.3 is 0 Å². The second-order valence-corrected chi connectivity index (χ2v) is 6.40. The summed E-state index contributed by atoms with van der Waals surface area (Å²) in [7, 11) is -1.57. The Bertz CT molecular complexity index is 512. The minimum atomic E-state index is -3.52. The van der Waals surface area contributed by atoms with E-state index in [9.17, 15) is 8.42 Å². The highest BCUT2D eigenvalue weighted by atomic mass is 32.2. The van der Waals surface area contributed by atoms with Crippen LogP contribution in [0.3, 0.4) is 0 Å². The molecule has 0 amide bonds. The fourth-order valence-electron chi connectivity index (χ4n) is 1.79. The van der Waals surface area contributed by atoms with Gasteiger partial charge in [-0.05, 0) is 27.1 Å². The molecule has 0 spiro atoms. The molecule has 8 heteroatoms. The molecule has 20 heavy (non-hydrogen) atoms. The Hall–Kier alpha value is -0.960. The van der Waals surface area contributed by atoms with Crippen molar-refractivity contribution in [2.24, 2.45) is 0 Å². The summed E-state index contributed by atoms with van der Waals surface area (Å²) < 4.78 is 27.3. The molecule has 0 aliphatic carbocycles. The predicted octanol–water partition coefficient (Wildman–Crippen LogP) is 0.0576. The first-order chi connectivity index (χ1) is 9.42. The highest BCUT2D eigenvalue weighted by Gasteiger charge is 2.23. The third kappa shape index (κ3) is 4.55.